The number of nitrogens with two attached hydrogens (primary N) is 1. The van der Waals surface area contributed by atoms with E-state index >= 15 is 0 Å². The normalized spacial score (nSPS) is 11.3. The summed E-state index contributed by atoms with van der Waals surface area (Å²) in [6, 6.07) is 6.64. The average Bonchev–Trinajstić information content (AvgIpc) is 2.70. The monoisotopic (exact) mass is 233 g/mol. The van der Waals surface area contributed by atoms with E-state index in [0.29, 0.717) is 17.7 Å². The van der Waals surface area contributed by atoms with Crippen molar-refractivity contribution < 1.29 is 4.42 Å². The van der Waals surface area contributed by atoms with Gasteiger partial charge in [-0.15, -0.1) is 0 Å². The molecular formula is C13H19N3O. The van der Waals surface area contributed by atoms with Crippen molar-refractivity contribution in [3.8, 4) is 0 Å². The standard InChI is InChI=1S/C13H19N3O/c1-4-8-16(9(2)3)13-15-12-10(14)6-5-7-11(12)17-13/h5-7,9H,4,8,14H2,1-3H3. The maximum atomic E-state index is 5.88. The summed E-state index contributed by atoms with van der Waals surface area (Å²) in [6.45, 7) is 7.35. The number of para-hydroxylation sites is 1. The first-order valence-electron chi connectivity index (χ1n) is 6.05. The third kappa shape index (κ3) is 2.20. The summed E-state index contributed by atoms with van der Waals surface area (Å²) < 4.78 is 5.76. The lowest BCUT2D eigenvalue weighted by molar-refractivity contribution is 0.535. The highest BCUT2D eigenvalue weighted by atomic mass is 16.4. The zero-order chi connectivity index (χ0) is 12.4. The molecule has 0 amide bonds. The second-order valence-electron chi connectivity index (χ2n) is 4.48. The Morgan fingerprint density at radius 2 is 2.18 bits per heavy atom. The molecule has 1 heterocycles. The number of aromatic nitrogens is 1. The Hall–Kier alpha value is -1.71. The molecule has 2 aromatic rings. The molecule has 0 bridgehead atoms. The number of benzene rings is 1. The van der Waals surface area contributed by atoms with Gasteiger partial charge in [0.2, 0.25) is 0 Å². The number of nitrogens with zero attached hydrogens (tertiary/aromatic N) is 2. The van der Waals surface area contributed by atoms with Crippen LogP contribution in [0.3, 0.4) is 0 Å². The predicted molar refractivity (Wildman–Crippen MR) is 71.2 cm³/mol. The molecule has 2 N–H and O–H groups in total. The molecule has 0 radical (unpaired) electrons. The first-order chi connectivity index (χ1) is 8.13. The van der Waals surface area contributed by atoms with E-state index in [1.807, 2.05) is 18.2 Å². The summed E-state index contributed by atoms with van der Waals surface area (Å²) in [5.74, 6) is 0. The zero-order valence-electron chi connectivity index (χ0n) is 10.6. The van der Waals surface area contributed by atoms with Gasteiger partial charge in [-0.1, -0.05) is 13.0 Å². The number of rotatable bonds is 4. The fourth-order valence-corrected chi connectivity index (χ4v) is 1.90. The first kappa shape index (κ1) is 11.8. The van der Waals surface area contributed by atoms with Gasteiger partial charge in [0.15, 0.2) is 5.58 Å². The van der Waals surface area contributed by atoms with Crippen LogP contribution in [0.1, 0.15) is 27.2 Å². The van der Waals surface area contributed by atoms with E-state index in [1.165, 1.54) is 0 Å². The third-order valence-corrected chi connectivity index (χ3v) is 2.77. The van der Waals surface area contributed by atoms with Crippen LogP contribution in [0.4, 0.5) is 11.7 Å². The van der Waals surface area contributed by atoms with Crippen molar-refractivity contribution in [3.63, 3.8) is 0 Å². The lowest BCUT2D eigenvalue weighted by Gasteiger charge is -2.23. The zero-order valence-corrected chi connectivity index (χ0v) is 10.6. The Balaban J connectivity index is 2.44. The molecule has 4 heteroatoms. The highest BCUT2D eigenvalue weighted by Crippen LogP contribution is 2.26. The lowest BCUT2D eigenvalue weighted by atomic mass is 10.3. The minimum absolute atomic E-state index is 0.365. The Morgan fingerprint density at radius 1 is 1.41 bits per heavy atom. The second kappa shape index (κ2) is 4.65. The minimum atomic E-state index is 0.365. The van der Waals surface area contributed by atoms with Gasteiger partial charge in [0.05, 0.1) is 5.69 Å². The van der Waals surface area contributed by atoms with Crippen LogP contribution in [0, 0.1) is 0 Å². The summed E-state index contributed by atoms with van der Waals surface area (Å²) >= 11 is 0. The van der Waals surface area contributed by atoms with Gasteiger partial charge >= 0.3 is 0 Å². The number of hydrogen-bond acceptors (Lipinski definition) is 4. The SMILES string of the molecule is CCCN(c1nc2c(N)cccc2o1)C(C)C. The fraction of sp³-hybridized carbons (Fsp3) is 0.462. The van der Waals surface area contributed by atoms with Gasteiger partial charge in [-0.2, -0.15) is 4.98 Å². The van der Waals surface area contributed by atoms with Gasteiger partial charge in [0, 0.05) is 12.6 Å². The highest BCUT2D eigenvalue weighted by Gasteiger charge is 2.16. The van der Waals surface area contributed by atoms with Crippen molar-refractivity contribution in [1.82, 2.24) is 4.98 Å². The Labute approximate surface area is 101 Å². The Bertz CT molecular complexity index is 504. The summed E-state index contributed by atoms with van der Waals surface area (Å²) in [7, 11) is 0. The molecule has 1 aromatic heterocycles. The Kier molecular flexibility index (Phi) is 3.22. The smallest absolute Gasteiger partial charge is 0.298 e. The van der Waals surface area contributed by atoms with Crippen LogP contribution in [-0.2, 0) is 0 Å². The van der Waals surface area contributed by atoms with Crippen LogP contribution in [0.25, 0.3) is 11.1 Å². The molecular weight excluding hydrogens is 214 g/mol. The molecule has 0 aliphatic heterocycles. The molecule has 0 aliphatic carbocycles. The fourth-order valence-electron chi connectivity index (χ4n) is 1.90. The predicted octanol–water partition coefficient (Wildman–Crippen LogP) is 3.03. The second-order valence-corrected chi connectivity index (χ2v) is 4.48. The molecule has 0 fully saturated rings. The lowest BCUT2D eigenvalue weighted by Crippen LogP contribution is -2.31. The molecule has 2 rings (SSSR count). The van der Waals surface area contributed by atoms with Gasteiger partial charge in [-0.25, -0.2) is 0 Å². The van der Waals surface area contributed by atoms with Crippen LogP contribution < -0.4 is 10.6 Å². The van der Waals surface area contributed by atoms with Gasteiger partial charge in [-0.3, -0.25) is 0 Å². The van der Waals surface area contributed by atoms with Crippen molar-refractivity contribution >= 4 is 22.8 Å². The summed E-state index contributed by atoms with van der Waals surface area (Å²) in [6.07, 6.45) is 1.06. The van der Waals surface area contributed by atoms with E-state index in [4.69, 9.17) is 10.2 Å². The van der Waals surface area contributed by atoms with Crippen LogP contribution in [0.2, 0.25) is 0 Å². The number of anilines is 2. The van der Waals surface area contributed by atoms with E-state index in [9.17, 15) is 0 Å². The van der Waals surface area contributed by atoms with Gasteiger partial charge in [-0.05, 0) is 32.4 Å². The first-order valence-corrected chi connectivity index (χ1v) is 6.05. The molecule has 0 unspecified atom stereocenters. The Morgan fingerprint density at radius 3 is 2.76 bits per heavy atom. The molecule has 0 atom stereocenters. The van der Waals surface area contributed by atoms with Crippen molar-refractivity contribution in [2.24, 2.45) is 0 Å². The molecule has 4 nitrogen and oxygen atoms in total. The van der Waals surface area contributed by atoms with E-state index in [-0.39, 0.29) is 0 Å². The van der Waals surface area contributed by atoms with Crippen LogP contribution >= 0.6 is 0 Å². The summed E-state index contributed by atoms with van der Waals surface area (Å²) in [4.78, 5) is 6.64. The largest absolute Gasteiger partial charge is 0.423 e. The van der Waals surface area contributed by atoms with E-state index in [1.54, 1.807) is 0 Å². The molecule has 0 saturated heterocycles. The van der Waals surface area contributed by atoms with Crippen molar-refractivity contribution in [2.45, 2.75) is 33.2 Å². The van der Waals surface area contributed by atoms with Crippen molar-refractivity contribution in [1.29, 1.82) is 0 Å². The number of nitrogen functional groups attached to an aromatic ring is 1. The topological polar surface area (TPSA) is 55.3 Å². The molecule has 17 heavy (non-hydrogen) atoms. The number of fused-ring (bicyclic) bond motifs is 1. The summed E-state index contributed by atoms with van der Waals surface area (Å²) in [5.41, 5.74) is 8.05. The van der Waals surface area contributed by atoms with E-state index < -0.39 is 0 Å². The average molecular weight is 233 g/mol. The molecule has 0 spiro atoms. The molecule has 92 valence electrons. The quantitative estimate of drug-likeness (QED) is 0.825. The minimum Gasteiger partial charge on any atom is -0.423 e. The van der Waals surface area contributed by atoms with Gasteiger partial charge in [0.1, 0.15) is 5.52 Å². The van der Waals surface area contributed by atoms with E-state index in [0.717, 1.165) is 24.1 Å². The molecule has 0 saturated carbocycles. The van der Waals surface area contributed by atoms with Gasteiger partial charge in [0.25, 0.3) is 6.01 Å². The highest BCUT2D eigenvalue weighted by molar-refractivity contribution is 5.86. The van der Waals surface area contributed by atoms with Crippen molar-refractivity contribution in [3.05, 3.63) is 18.2 Å². The molecule has 0 aliphatic rings. The van der Waals surface area contributed by atoms with Crippen LogP contribution in [-0.4, -0.2) is 17.6 Å². The third-order valence-electron chi connectivity index (χ3n) is 2.77. The van der Waals surface area contributed by atoms with Crippen LogP contribution in [0.15, 0.2) is 22.6 Å². The van der Waals surface area contributed by atoms with Crippen LogP contribution in [0.5, 0.6) is 0 Å². The maximum absolute atomic E-state index is 5.88. The molecule has 1 aromatic carbocycles. The summed E-state index contributed by atoms with van der Waals surface area (Å²) in [5, 5.41) is 0. The van der Waals surface area contributed by atoms with Crippen molar-refractivity contribution in [2.75, 3.05) is 17.2 Å². The van der Waals surface area contributed by atoms with Gasteiger partial charge < -0.3 is 15.1 Å². The number of hydrogen-bond donors (Lipinski definition) is 1. The van der Waals surface area contributed by atoms with E-state index in [2.05, 4.69) is 30.7 Å². The maximum Gasteiger partial charge on any atom is 0.298 e. The number of oxazole rings is 1.